The van der Waals surface area contributed by atoms with Gasteiger partial charge in [0.1, 0.15) is 17.0 Å². The summed E-state index contributed by atoms with van der Waals surface area (Å²) in [5.74, 6) is 0.827. The van der Waals surface area contributed by atoms with Crippen molar-refractivity contribution in [1.82, 2.24) is 25.2 Å². The second-order valence-electron chi connectivity index (χ2n) is 9.13. The van der Waals surface area contributed by atoms with Crippen LogP contribution in [0.5, 0.6) is 0 Å². The molecule has 3 aromatic rings. The Labute approximate surface area is 192 Å². The molecule has 1 saturated carbocycles. The zero-order chi connectivity index (χ0) is 22.1. The normalized spacial score (nSPS) is 22.8. The van der Waals surface area contributed by atoms with Crippen LogP contribution in [0.25, 0.3) is 10.2 Å². The van der Waals surface area contributed by atoms with Gasteiger partial charge in [-0.05, 0) is 69.8 Å². The van der Waals surface area contributed by atoms with E-state index < -0.39 is 0 Å². The fourth-order valence-electron chi connectivity index (χ4n) is 5.09. The summed E-state index contributed by atoms with van der Waals surface area (Å²) >= 11 is 1.71. The largest absolute Gasteiger partial charge is 0.367 e. The van der Waals surface area contributed by atoms with Crippen molar-refractivity contribution in [2.24, 2.45) is 0 Å². The van der Waals surface area contributed by atoms with E-state index >= 15 is 0 Å². The number of aromatic nitrogens is 3. The molecule has 1 unspecified atom stereocenters. The molecule has 168 valence electrons. The molecule has 0 radical (unpaired) electrons. The third-order valence-corrected chi connectivity index (χ3v) is 8.06. The Bertz CT molecular complexity index is 1090. The van der Waals surface area contributed by atoms with Crippen molar-refractivity contribution in [3.63, 3.8) is 0 Å². The molecule has 2 aliphatic carbocycles. The molecule has 0 aromatic carbocycles. The molecule has 5 rings (SSSR count). The Morgan fingerprint density at radius 3 is 2.78 bits per heavy atom. The lowest BCUT2D eigenvalue weighted by atomic mass is 9.90. The highest BCUT2D eigenvalue weighted by Crippen LogP contribution is 2.45. The highest BCUT2D eigenvalue weighted by molar-refractivity contribution is 7.19. The average molecular weight is 451 g/mol. The lowest BCUT2D eigenvalue weighted by Crippen LogP contribution is -2.36. The summed E-state index contributed by atoms with van der Waals surface area (Å²) in [5.41, 5.74) is 2.15. The standard InChI is InChI=1S/C24H30N6OS/c1-30(2)17-7-5-16(6-8-17)29-22-21-20-18(9-10-19(20)32-24(21)28-14-27-22)23(31)26-13-15-4-3-11-25-12-15/h3-4,11-12,14,16-18H,5-10,13H2,1-2H3,(H,26,31)(H,27,28,29). The number of nitrogens with zero attached hydrogens (tertiary/aromatic N) is 4. The van der Waals surface area contributed by atoms with Crippen LogP contribution < -0.4 is 10.6 Å². The maximum absolute atomic E-state index is 13.1. The van der Waals surface area contributed by atoms with Crippen LogP contribution in [0.1, 0.15) is 54.0 Å². The number of anilines is 1. The summed E-state index contributed by atoms with van der Waals surface area (Å²) in [6.45, 7) is 0.497. The Morgan fingerprint density at radius 2 is 2.03 bits per heavy atom. The van der Waals surface area contributed by atoms with Crippen molar-refractivity contribution in [2.75, 3.05) is 19.4 Å². The van der Waals surface area contributed by atoms with E-state index in [0.717, 1.165) is 52.8 Å². The molecule has 7 nitrogen and oxygen atoms in total. The molecule has 0 saturated heterocycles. The van der Waals surface area contributed by atoms with E-state index in [0.29, 0.717) is 18.6 Å². The molecule has 1 amide bonds. The van der Waals surface area contributed by atoms with Crippen molar-refractivity contribution < 1.29 is 4.79 Å². The summed E-state index contributed by atoms with van der Waals surface area (Å²) < 4.78 is 0. The fourth-order valence-corrected chi connectivity index (χ4v) is 6.31. The first-order valence-electron chi connectivity index (χ1n) is 11.5. The molecule has 0 aliphatic heterocycles. The third kappa shape index (κ3) is 4.21. The Hall–Kier alpha value is -2.58. The van der Waals surface area contributed by atoms with Crippen LogP contribution >= 0.6 is 11.3 Å². The topological polar surface area (TPSA) is 83.0 Å². The van der Waals surface area contributed by atoms with Crippen LogP contribution in [0.4, 0.5) is 5.82 Å². The van der Waals surface area contributed by atoms with E-state index in [-0.39, 0.29) is 11.8 Å². The van der Waals surface area contributed by atoms with Crippen molar-refractivity contribution in [3.05, 3.63) is 46.9 Å². The molecule has 2 aliphatic rings. The van der Waals surface area contributed by atoms with E-state index in [4.69, 9.17) is 0 Å². The van der Waals surface area contributed by atoms with Gasteiger partial charge in [-0.2, -0.15) is 0 Å². The van der Waals surface area contributed by atoms with Crippen LogP contribution in [-0.2, 0) is 17.8 Å². The van der Waals surface area contributed by atoms with Gasteiger partial charge in [-0.3, -0.25) is 9.78 Å². The number of rotatable bonds is 6. The van der Waals surface area contributed by atoms with E-state index in [1.54, 1.807) is 30.1 Å². The van der Waals surface area contributed by atoms with Crippen LogP contribution in [0.3, 0.4) is 0 Å². The summed E-state index contributed by atoms with van der Waals surface area (Å²) in [5, 5.41) is 7.88. The number of hydrogen-bond donors (Lipinski definition) is 2. The summed E-state index contributed by atoms with van der Waals surface area (Å²) in [7, 11) is 4.33. The number of thiophene rings is 1. The predicted molar refractivity (Wildman–Crippen MR) is 128 cm³/mol. The van der Waals surface area contributed by atoms with Gasteiger partial charge in [-0.1, -0.05) is 6.07 Å². The van der Waals surface area contributed by atoms with Gasteiger partial charge in [0.2, 0.25) is 5.91 Å². The molecule has 0 bridgehead atoms. The van der Waals surface area contributed by atoms with Gasteiger partial charge in [0.25, 0.3) is 0 Å². The Balaban J connectivity index is 1.35. The number of hydrogen-bond acceptors (Lipinski definition) is 7. The van der Waals surface area contributed by atoms with Crippen molar-refractivity contribution >= 4 is 33.3 Å². The lowest BCUT2D eigenvalue weighted by molar-refractivity contribution is -0.122. The highest BCUT2D eigenvalue weighted by Gasteiger charge is 2.34. The van der Waals surface area contributed by atoms with Gasteiger partial charge in [-0.25, -0.2) is 9.97 Å². The molecular weight excluding hydrogens is 420 g/mol. The first-order chi connectivity index (χ1) is 15.6. The van der Waals surface area contributed by atoms with Crippen LogP contribution in [0.2, 0.25) is 0 Å². The first-order valence-corrected chi connectivity index (χ1v) is 12.3. The predicted octanol–water partition coefficient (Wildman–Crippen LogP) is 3.72. The van der Waals surface area contributed by atoms with E-state index in [1.807, 2.05) is 12.1 Å². The van der Waals surface area contributed by atoms with Crippen LogP contribution in [-0.4, -0.2) is 51.9 Å². The molecule has 3 aromatic heterocycles. The molecule has 1 atom stereocenters. The molecular formula is C24H30N6OS. The number of nitrogens with one attached hydrogen (secondary N) is 2. The fraction of sp³-hybridized carbons (Fsp3) is 0.500. The van der Waals surface area contributed by atoms with Crippen LogP contribution in [0.15, 0.2) is 30.9 Å². The van der Waals surface area contributed by atoms with E-state index in [2.05, 4.69) is 44.6 Å². The van der Waals surface area contributed by atoms with Gasteiger partial charge in [0.05, 0.1) is 11.3 Å². The average Bonchev–Trinajstić information content (AvgIpc) is 3.38. The van der Waals surface area contributed by atoms with Gasteiger partial charge in [0, 0.05) is 35.9 Å². The SMILES string of the molecule is CN(C)C1CCC(Nc2ncnc3sc4c(c23)C(C(=O)NCc2cccnc2)CC4)CC1. The number of carbonyl (C=O) groups is 1. The lowest BCUT2D eigenvalue weighted by Gasteiger charge is -2.33. The molecule has 32 heavy (non-hydrogen) atoms. The summed E-state index contributed by atoms with van der Waals surface area (Å²) in [4.78, 5) is 31.0. The van der Waals surface area contributed by atoms with Crippen molar-refractivity contribution in [1.29, 1.82) is 0 Å². The van der Waals surface area contributed by atoms with Gasteiger partial charge >= 0.3 is 0 Å². The zero-order valence-corrected chi connectivity index (χ0v) is 19.5. The molecule has 0 spiro atoms. The van der Waals surface area contributed by atoms with E-state index in [1.165, 1.54) is 17.7 Å². The quantitative estimate of drug-likeness (QED) is 0.596. The second-order valence-corrected chi connectivity index (χ2v) is 10.2. The minimum atomic E-state index is -0.147. The number of carbonyl (C=O) groups excluding carboxylic acids is 1. The third-order valence-electron chi connectivity index (χ3n) is 6.88. The Kier molecular flexibility index (Phi) is 6.06. The highest BCUT2D eigenvalue weighted by atomic mass is 32.1. The Morgan fingerprint density at radius 1 is 1.19 bits per heavy atom. The molecule has 2 N–H and O–H groups in total. The first kappa shape index (κ1) is 21.3. The number of amides is 1. The van der Waals surface area contributed by atoms with Crippen molar-refractivity contribution in [3.8, 4) is 0 Å². The monoisotopic (exact) mass is 450 g/mol. The minimum Gasteiger partial charge on any atom is -0.367 e. The van der Waals surface area contributed by atoms with E-state index in [9.17, 15) is 4.79 Å². The molecule has 8 heteroatoms. The van der Waals surface area contributed by atoms with Gasteiger partial charge < -0.3 is 15.5 Å². The second kappa shape index (κ2) is 9.11. The molecule has 3 heterocycles. The summed E-state index contributed by atoms with van der Waals surface area (Å²) in [6.07, 6.45) is 11.6. The maximum Gasteiger partial charge on any atom is 0.227 e. The van der Waals surface area contributed by atoms with Crippen molar-refractivity contribution in [2.45, 2.75) is 63.1 Å². The number of fused-ring (bicyclic) bond motifs is 3. The molecule has 1 fully saturated rings. The van der Waals surface area contributed by atoms with Crippen LogP contribution in [0, 0.1) is 0 Å². The maximum atomic E-state index is 13.1. The smallest absolute Gasteiger partial charge is 0.227 e. The number of pyridine rings is 1. The van der Waals surface area contributed by atoms with Gasteiger partial charge in [0.15, 0.2) is 0 Å². The number of aryl methyl sites for hydroxylation is 1. The van der Waals surface area contributed by atoms with Gasteiger partial charge in [-0.15, -0.1) is 11.3 Å². The minimum absolute atomic E-state index is 0.0774. The zero-order valence-electron chi connectivity index (χ0n) is 18.7. The summed E-state index contributed by atoms with van der Waals surface area (Å²) in [6, 6.07) is 4.95.